The van der Waals surface area contributed by atoms with Crippen molar-refractivity contribution in [3.63, 3.8) is 0 Å². The van der Waals surface area contributed by atoms with E-state index < -0.39 is 0 Å². The summed E-state index contributed by atoms with van der Waals surface area (Å²) in [6.07, 6.45) is 13.7. The number of carbonyl (C=O) groups excluding carboxylic acids is 1. The van der Waals surface area contributed by atoms with Crippen LogP contribution in [-0.4, -0.2) is 5.78 Å². The van der Waals surface area contributed by atoms with Gasteiger partial charge in [-0.2, -0.15) is 0 Å². The molecule has 2 rings (SSSR count). The molecule has 1 nitrogen and oxygen atoms in total. The second-order valence-electron chi connectivity index (χ2n) is 7.05. The third-order valence-corrected chi connectivity index (χ3v) is 5.37. The van der Waals surface area contributed by atoms with Gasteiger partial charge in [0.15, 0.2) is 5.78 Å². The summed E-state index contributed by atoms with van der Waals surface area (Å²) in [6, 6.07) is 8.65. The first-order valence-electron chi connectivity index (χ1n) is 9.35. The lowest BCUT2D eigenvalue weighted by molar-refractivity contribution is 0.0981. The lowest BCUT2D eigenvalue weighted by Gasteiger charge is -2.38. The summed E-state index contributed by atoms with van der Waals surface area (Å²) in [6.45, 7) is 4.35. The number of Topliss-reactive ketones (excluding diaryl/α,β-unsaturated/α-hetero) is 1. The molecule has 0 unspecified atom stereocenters. The van der Waals surface area contributed by atoms with Crippen LogP contribution >= 0.6 is 0 Å². The molecule has 1 aliphatic carbocycles. The van der Waals surface area contributed by atoms with Crippen molar-refractivity contribution in [3.05, 3.63) is 35.4 Å². The molecular formula is C21H32O. The van der Waals surface area contributed by atoms with E-state index in [1.807, 2.05) is 0 Å². The molecule has 22 heavy (non-hydrogen) atoms. The normalized spacial score (nSPS) is 17.4. The average Bonchev–Trinajstić information content (AvgIpc) is 2.56. The SMILES string of the molecule is CCCCCC1(c2ccc(C(=O)CCC)cc2)CCCCC1. The highest BCUT2D eigenvalue weighted by Crippen LogP contribution is 2.43. The molecule has 0 spiro atoms. The third kappa shape index (κ3) is 4.21. The summed E-state index contributed by atoms with van der Waals surface area (Å²) in [7, 11) is 0. The molecule has 1 aromatic rings. The van der Waals surface area contributed by atoms with Crippen LogP contribution < -0.4 is 0 Å². The predicted octanol–water partition coefficient (Wildman–Crippen LogP) is 6.45. The lowest BCUT2D eigenvalue weighted by atomic mass is 9.66. The maximum atomic E-state index is 12.0. The summed E-state index contributed by atoms with van der Waals surface area (Å²) in [5.41, 5.74) is 2.77. The van der Waals surface area contributed by atoms with Gasteiger partial charge in [0.05, 0.1) is 0 Å². The van der Waals surface area contributed by atoms with Crippen LogP contribution in [0, 0.1) is 0 Å². The Hall–Kier alpha value is -1.11. The lowest BCUT2D eigenvalue weighted by Crippen LogP contribution is -2.29. The Bertz CT molecular complexity index is 451. The zero-order valence-corrected chi connectivity index (χ0v) is 14.5. The van der Waals surface area contributed by atoms with E-state index in [2.05, 4.69) is 38.1 Å². The number of carbonyl (C=O) groups is 1. The van der Waals surface area contributed by atoms with Gasteiger partial charge in [0, 0.05) is 12.0 Å². The first-order chi connectivity index (χ1) is 10.7. The fourth-order valence-corrected chi connectivity index (χ4v) is 4.01. The van der Waals surface area contributed by atoms with Crippen molar-refractivity contribution in [1.29, 1.82) is 0 Å². The Morgan fingerprint density at radius 3 is 2.23 bits per heavy atom. The highest BCUT2D eigenvalue weighted by molar-refractivity contribution is 5.96. The van der Waals surface area contributed by atoms with Crippen LogP contribution in [0.4, 0.5) is 0 Å². The smallest absolute Gasteiger partial charge is 0.162 e. The van der Waals surface area contributed by atoms with Gasteiger partial charge < -0.3 is 0 Å². The number of ketones is 1. The standard InChI is InChI=1S/C21H32O/c1-3-5-7-15-21(16-8-6-9-17-21)19-13-11-18(12-14-19)20(22)10-4-2/h11-14H,3-10,15-17H2,1-2H3. The van der Waals surface area contributed by atoms with Crippen LogP contribution in [0.2, 0.25) is 0 Å². The summed E-state index contributed by atoms with van der Waals surface area (Å²) in [5, 5.41) is 0. The Kier molecular flexibility index (Phi) is 6.67. The first-order valence-corrected chi connectivity index (χ1v) is 9.35. The van der Waals surface area contributed by atoms with Gasteiger partial charge in [-0.1, -0.05) is 76.6 Å². The van der Waals surface area contributed by atoms with E-state index in [1.165, 1.54) is 63.4 Å². The van der Waals surface area contributed by atoms with E-state index in [-0.39, 0.29) is 5.78 Å². The van der Waals surface area contributed by atoms with E-state index >= 15 is 0 Å². The monoisotopic (exact) mass is 300 g/mol. The molecular weight excluding hydrogens is 268 g/mol. The minimum absolute atomic E-state index is 0.290. The molecule has 1 fully saturated rings. The fraction of sp³-hybridized carbons (Fsp3) is 0.667. The molecule has 0 amide bonds. The highest BCUT2D eigenvalue weighted by Gasteiger charge is 2.33. The average molecular weight is 300 g/mol. The Morgan fingerprint density at radius 2 is 1.64 bits per heavy atom. The van der Waals surface area contributed by atoms with Gasteiger partial charge >= 0.3 is 0 Å². The second kappa shape index (κ2) is 8.50. The largest absolute Gasteiger partial charge is 0.294 e. The molecule has 0 aromatic heterocycles. The molecule has 1 heteroatoms. The summed E-state index contributed by atoms with van der Waals surface area (Å²) >= 11 is 0. The maximum Gasteiger partial charge on any atom is 0.162 e. The zero-order chi connectivity index (χ0) is 15.8. The van der Waals surface area contributed by atoms with Gasteiger partial charge in [-0.15, -0.1) is 0 Å². The number of unbranched alkanes of at least 4 members (excludes halogenated alkanes) is 2. The highest BCUT2D eigenvalue weighted by atomic mass is 16.1. The minimum atomic E-state index is 0.290. The van der Waals surface area contributed by atoms with Gasteiger partial charge in [0.25, 0.3) is 0 Å². The zero-order valence-electron chi connectivity index (χ0n) is 14.5. The van der Waals surface area contributed by atoms with Crippen LogP contribution in [0.25, 0.3) is 0 Å². The van der Waals surface area contributed by atoms with Crippen molar-refractivity contribution in [2.24, 2.45) is 0 Å². The molecule has 1 aromatic carbocycles. The topological polar surface area (TPSA) is 17.1 Å². The fourth-order valence-electron chi connectivity index (χ4n) is 4.01. The molecule has 0 radical (unpaired) electrons. The maximum absolute atomic E-state index is 12.0. The second-order valence-corrected chi connectivity index (χ2v) is 7.05. The van der Waals surface area contributed by atoms with Crippen LogP contribution in [-0.2, 0) is 5.41 Å². The van der Waals surface area contributed by atoms with E-state index in [1.54, 1.807) is 0 Å². The molecule has 0 aliphatic heterocycles. The quantitative estimate of drug-likeness (QED) is 0.398. The van der Waals surface area contributed by atoms with Gasteiger partial charge in [-0.05, 0) is 36.7 Å². The van der Waals surface area contributed by atoms with Crippen molar-refractivity contribution in [3.8, 4) is 0 Å². The van der Waals surface area contributed by atoms with Crippen molar-refractivity contribution in [2.75, 3.05) is 0 Å². The van der Waals surface area contributed by atoms with Crippen LogP contribution in [0.15, 0.2) is 24.3 Å². The van der Waals surface area contributed by atoms with Crippen molar-refractivity contribution in [2.45, 2.75) is 89.9 Å². The van der Waals surface area contributed by atoms with Crippen LogP contribution in [0.5, 0.6) is 0 Å². The van der Waals surface area contributed by atoms with E-state index in [0.717, 1.165) is 12.0 Å². The third-order valence-electron chi connectivity index (χ3n) is 5.37. The van der Waals surface area contributed by atoms with E-state index in [4.69, 9.17) is 0 Å². The summed E-state index contributed by atoms with van der Waals surface area (Å²) in [5.74, 6) is 0.290. The number of hydrogen-bond donors (Lipinski definition) is 0. The Balaban J connectivity index is 2.14. The predicted molar refractivity (Wildman–Crippen MR) is 94.6 cm³/mol. The molecule has 0 bridgehead atoms. The van der Waals surface area contributed by atoms with Crippen LogP contribution in [0.3, 0.4) is 0 Å². The molecule has 0 saturated heterocycles. The first kappa shape index (κ1) is 17.2. The van der Waals surface area contributed by atoms with E-state index in [0.29, 0.717) is 11.8 Å². The summed E-state index contributed by atoms with van der Waals surface area (Å²) < 4.78 is 0. The molecule has 1 aliphatic rings. The van der Waals surface area contributed by atoms with Crippen molar-refractivity contribution in [1.82, 2.24) is 0 Å². The van der Waals surface area contributed by atoms with Crippen LogP contribution in [0.1, 0.15) is 100 Å². The molecule has 0 atom stereocenters. The molecule has 0 heterocycles. The Morgan fingerprint density at radius 1 is 0.955 bits per heavy atom. The molecule has 122 valence electrons. The van der Waals surface area contributed by atoms with Gasteiger partial charge in [-0.25, -0.2) is 0 Å². The van der Waals surface area contributed by atoms with E-state index in [9.17, 15) is 4.79 Å². The molecule has 0 N–H and O–H groups in total. The number of benzene rings is 1. The molecule has 1 saturated carbocycles. The van der Waals surface area contributed by atoms with Gasteiger partial charge in [-0.3, -0.25) is 4.79 Å². The summed E-state index contributed by atoms with van der Waals surface area (Å²) in [4.78, 5) is 12.0. The minimum Gasteiger partial charge on any atom is -0.294 e. The van der Waals surface area contributed by atoms with Crippen molar-refractivity contribution >= 4 is 5.78 Å². The number of rotatable bonds is 8. The Labute approximate surface area is 136 Å². The van der Waals surface area contributed by atoms with Gasteiger partial charge in [0.1, 0.15) is 0 Å². The number of hydrogen-bond acceptors (Lipinski definition) is 1. The van der Waals surface area contributed by atoms with Crippen molar-refractivity contribution < 1.29 is 4.79 Å². The van der Waals surface area contributed by atoms with Gasteiger partial charge in [0.2, 0.25) is 0 Å².